The molecule has 1 rings (SSSR count). The second kappa shape index (κ2) is 12.1. The van der Waals surface area contributed by atoms with Gasteiger partial charge < -0.3 is 0 Å². The van der Waals surface area contributed by atoms with E-state index in [9.17, 15) is 13.2 Å². The van der Waals surface area contributed by atoms with Crippen LogP contribution in [-0.2, 0) is 0 Å². The van der Waals surface area contributed by atoms with E-state index < -0.39 is 34.0 Å². The molecule has 0 bridgehead atoms. The Hall–Kier alpha value is -0.721. The number of rotatable bonds is 12. The number of ether oxygens (including phenoxy) is 1. The van der Waals surface area contributed by atoms with E-state index in [1.165, 1.54) is 31.4 Å². The van der Waals surface area contributed by atoms with E-state index in [-0.39, 0.29) is 5.56 Å². The summed E-state index contributed by atoms with van der Waals surface area (Å²) in [7, 11) is 1.46. The predicted molar refractivity (Wildman–Crippen MR) is 112 cm³/mol. The van der Waals surface area contributed by atoms with Crippen LogP contribution >= 0.6 is 0 Å². The molecule has 1 aromatic rings. The summed E-state index contributed by atoms with van der Waals surface area (Å²) in [6.07, 6.45) is 0.377. The number of benzene rings is 1. The Kier molecular flexibility index (Phi) is 10.9. The summed E-state index contributed by atoms with van der Waals surface area (Å²) in [5.41, 5.74) is -1.12. The van der Waals surface area contributed by atoms with Gasteiger partial charge in [-0.1, -0.05) is 0 Å². The molecule has 0 aliphatic rings. The third-order valence-corrected chi connectivity index (χ3v) is 20.0. The van der Waals surface area contributed by atoms with E-state index in [0.29, 0.717) is 19.1 Å². The summed E-state index contributed by atoms with van der Waals surface area (Å²) in [6.45, 7) is 6.06. The van der Waals surface area contributed by atoms with Gasteiger partial charge in [0.25, 0.3) is 0 Å². The van der Waals surface area contributed by atoms with Crippen molar-refractivity contribution in [2.24, 2.45) is 0 Å². The molecular weight excluding hydrogens is 475 g/mol. The van der Waals surface area contributed by atoms with Gasteiger partial charge in [0.1, 0.15) is 0 Å². The van der Waals surface area contributed by atoms with E-state index in [1.54, 1.807) is 0 Å². The first-order valence-corrected chi connectivity index (χ1v) is 17.9. The van der Waals surface area contributed by atoms with Crippen molar-refractivity contribution in [3.05, 3.63) is 33.7 Å². The molecule has 0 heterocycles. The van der Waals surface area contributed by atoms with Crippen LogP contribution in [0.25, 0.3) is 5.57 Å². The molecule has 6 heteroatoms. The van der Waals surface area contributed by atoms with E-state index in [1.807, 2.05) is 20.8 Å². The van der Waals surface area contributed by atoms with E-state index in [2.05, 4.69) is 0 Å². The van der Waals surface area contributed by atoms with Gasteiger partial charge in [0.2, 0.25) is 0 Å². The molecule has 1 aromatic carbocycles. The molecule has 0 radical (unpaired) electrons. The first-order chi connectivity index (χ1) is 13.3. The molecule has 0 N–H and O–H groups in total. The monoisotopic (exact) mass is 510 g/mol. The van der Waals surface area contributed by atoms with Crippen LogP contribution in [0.2, 0.25) is 13.3 Å². The Bertz CT molecular complexity index is 586. The molecule has 0 amide bonds. The fraction of sp³-hybridized carbons (Fsp3) is 0.636. The second-order valence-corrected chi connectivity index (χ2v) is 20.3. The summed E-state index contributed by atoms with van der Waals surface area (Å²) < 4.78 is 64.3. The Morgan fingerprint density at radius 3 is 1.61 bits per heavy atom. The van der Waals surface area contributed by atoms with Crippen LogP contribution < -0.4 is 4.74 Å². The van der Waals surface area contributed by atoms with Crippen LogP contribution in [0.5, 0.6) is 5.75 Å². The second-order valence-electron chi connectivity index (χ2n) is 7.51. The van der Waals surface area contributed by atoms with Crippen molar-refractivity contribution < 1.29 is 22.3 Å². The summed E-state index contributed by atoms with van der Waals surface area (Å²) in [5.74, 6) is 0.461. The quantitative estimate of drug-likeness (QED) is 0.203. The number of hydrogen-bond acceptors (Lipinski definition) is 1. The van der Waals surface area contributed by atoms with Crippen molar-refractivity contribution in [3.8, 4) is 5.75 Å². The molecule has 160 valence electrons. The Balaban J connectivity index is 3.59. The van der Waals surface area contributed by atoms with E-state index in [4.69, 9.17) is 4.74 Å². The topological polar surface area (TPSA) is 9.23 Å². The average Bonchev–Trinajstić information content (AvgIpc) is 2.67. The van der Waals surface area contributed by atoms with Crippen LogP contribution in [0.1, 0.15) is 64.9 Å². The molecule has 0 saturated carbocycles. The van der Waals surface area contributed by atoms with E-state index in [0.717, 1.165) is 38.5 Å². The zero-order chi connectivity index (χ0) is 21.2. The minimum atomic E-state index is -4.70. The van der Waals surface area contributed by atoms with Crippen LogP contribution in [0.4, 0.5) is 17.6 Å². The van der Waals surface area contributed by atoms with Gasteiger partial charge in [-0.05, 0) is 0 Å². The number of alkyl halides is 3. The maximum absolute atomic E-state index is 15.9. The molecule has 0 unspecified atom stereocenters. The number of hydrogen-bond donors (Lipinski definition) is 0. The SMILES string of the molecule is CCC[CH2][Sn]([CH2]CCC)([CH2]CCC)/[C](F)=C(/c1ccc(OC)cc1)C(F)(F)F. The molecular formula is C22H34F4OSn. The fourth-order valence-electron chi connectivity index (χ4n) is 3.69. The third kappa shape index (κ3) is 6.96. The maximum atomic E-state index is 15.9. The van der Waals surface area contributed by atoms with Crippen LogP contribution in [0.15, 0.2) is 28.1 Å². The standard InChI is InChI=1S/C10H7F4O.3C4H9.Sn/c1-15-8-4-2-7(3-5-8)9(6-11)10(12,13)14;3*1-3-4-2;/h2-5H,1H3;3*1,3-4H2,2H3;. The number of allylic oxidation sites excluding steroid dienone is 1. The van der Waals surface area contributed by atoms with Gasteiger partial charge in [0, 0.05) is 0 Å². The molecule has 1 nitrogen and oxygen atoms in total. The van der Waals surface area contributed by atoms with E-state index >= 15 is 4.39 Å². The van der Waals surface area contributed by atoms with Crippen molar-refractivity contribution in [1.29, 1.82) is 0 Å². The Morgan fingerprint density at radius 2 is 1.29 bits per heavy atom. The van der Waals surface area contributed by atoms with Crippen molar-refractivity contribution in [1.82, 2.24) is 0 Å². The molecule has 0 saturated heterocycles. The number of methoxy groups -OCH3 is 1. The normalized spacial score (nSPS) is 13.4. The summed E-state index contributed by atoms with van der Waals surface area (Å²) in [6, 6.07) is 5.60. The molecule has 28 heavy (non-hydrogen) atoms. The first kappa shape index (κ1) is 25.3. The van der Waals surface area contributed by atoms with Gasteiger partial charge in [-0.2, -0.15) is 0 Å². The van der Waals surface area contributed by atoms with Crippen LogP contribution in [-0.4, -0.2) is 31.7 Å². The van der Waals surface area contributed by atoms with Crippen LogP contribution in [0.3, 0.4) is 0 Å². The summed E-state index contributed by atoms with van der Waals surface area (Å²) in [4.78, 5) is 0. The third-order valence-electron chi connectivity index (χ3n) is 5.37. The van der Waals surface area contributed by atoms with Gasteiger partial charge in [0.05, 0.1) is 0 Å². The number of halogens is 4. The summed E-state index contributed by atoms with van der Waals surface area (Å²) >= 11 is -3.81. The number of unbranched alkanes of at least 4 members (excludes halogenated alkanes) is 3. The van der Waals surface area contributed by atoms with Gasteiger partial charge in [-0.3, -0.25) is 0 Å². The zero-order valence-corrected chi connectivity index (χ0v) is 20.4. The van der Waals surface area contributed by atoms with Crippen LogP contribution in [0, 0.1) is 0 Å². The van der Waals surface area contributed by atoms with Gasteiger partial charge in [-0.25, -0.2) is 0 Å². The van der Waals surface area contributed by atoms with Crippen molar-refractivity contribution in [3.63, 3.8) is 0 Å². The summed E-state index contributed by atoms with van der Waals surface area (Å²) in [5, 5.41) is 0. The molecule has 0 aliphatic carbocycles. The minimum absolute atomic E-state index is 0.0867. The zero-order valence-electron chi connectivity index (χ0n) is 17.6. The van der Waals surface area contributed by atoms with Crippen molar-refractivity contribution in [2.75, 3.05) is 7.11 Å². The molecule has 0 aliphatic heterocycles. The first-order valence-electron chi connectivity index (χ1n) is 10.4. The predicted octanol–water partition coefficient (Wildman–Crippen LogP) is 8.33. The van der Waals surface area contributed by atoms with Gasteiger partial charge >= 0.3 is 172 Å². The fourth-order valence-corrected chi connectivity index (χ4v) is 18.9. The molecule has 0 spiro atoms. The molecule has 0 aromatic heterocycles. The Morgan fingerprint density at radius 1 is 0.857 bits per heavy atom. The van der Waals surface area contributed by atoms with Crippen molar-refractivity contribution >= 4 is 24.0 Å². The molecule has 0 atom stereocenters. The van der Waals surface area contributed by atoms with Gasteiger partial charge in [-0.15, -0.1) is 0 Å². The average molecular weight is 509 g/mol. The van der Waals surface area contributed by atoms with Crippen molar-refractivity contribution in [2.45, 2.75) is 78.8 Å². The molecule has 0 fully saturated rings. The van der Waals surface area contributed by atoms with Gasteiger partial charge in [0.15, 0.2) is 0 Å². The Labute approximate surface area is 171 Å².